The Morgan fingerprint density at radius 3 is 2.00 bits per heavy atom. The molecule has 1 unspecified atom stereocenters. The van der Waals surface area contributed by atoms with Gasteiger partial charge in [0.15, 0.2) is 5.78 Å². The lowest BCUT2D eigenvalue weighted by Crippen LogP contribution is -2.09. The van der Waals surface area contributed by atoms with Crippen LogP contribution in [0.5, 0.6) is 5.75 Å². The molecule has 0 aliphatic rings. The first-order valence-electron chi connectivity index (χ1n) is 9.63. The molecule has 0 bridgehead atoms. The molecule has 0 aliphatic heterocycles. The van der Waals surface area contributed by atoms with Crippen molar-refractivity contribution in [2.24, 2.45) is 0 Å². The van der Waals surface area contributed by atoms with Gasteiger partial charge in [-0.2, -0.15) is 0 Å². The van der Waals surface area contributed by atoms with Gasteiger partial charge < -0.3 is 4.74 Å². The molecule has 140 valence electrons. The molecule has 2 aromatic rings. The fourth-order valence-electron chi connectivity index (χ4n) is 2.87. The smallest absolute Gasteiger partial charge is 0.176 e. The molecule has 0 aromatic heterocycles. The summed E-state index contributed by atoms with van der Waals surface area (Å²) in [6, 6.07) is 15.9. The number of halogens is 1. The quantitative estimate of drug-likeness (QED) is 0.222. The van der Waals surface area contributed by atoms with Crippen LogP contribution in [0, 0.1) is 0 Å². The van der Waals surface area contributed by atoms with Gasteiger partial charge in [0.1, 0.15) is 5.75 Å². The van der Waals surface area contributed by atoms with Gasteiger partial charge in [-0.3, -0.25) is 4.79 Å². The van der Waals surface area contributed by atoms with E-state index in [0.29, 0.717) is 0 Å². The van der Waals surface area contributed by atoms with Crippen molar-refractivity contribution in [1.82, 2.24) is 0 Å². The van der Waals surface area contributed by atoms with E-state index in [1.54, 1.807) is 0 Å². The Kier molecular flexibility index (Phi) is 8.90. The lowest BCUT2D eigenvalue weighted by molar-refractivity contribution is 0.0996. The van der Waals surface area contributed by atoms with Crippen molar-refractivity contribution in [1.29, 1.82) is 0 Å². The van der Waals surface area contributed by atoms with Crippen LogP contribution in [-0.2, 0) is 0 Å². The highest BCUT2D eigenvalue weighted by Gasteiger charge is 2.11. The molecule has 1 atom stereocenters. The van der Waals surface area contributed by atoms with Crippen LogP contribution >= 0.6 is 15.9 Å². The standard InChI is InChI=1S/C23H29BrO2/c1-3-4-5-6-7-8-17-26-22-15-13-20(14-16-22)19-9-11-21(12-10-19)23(25)18(2)24/h9-16,18H,3-8,17H2,1-2H3. The number of ether oxygens (including phenoxy) is 1. The second-order valence-electron chi connectivity index (χ2n) is 6.70. The van der Waals surface area contributed by atoms with Gasteiger partial charge in [-0.1, -0.05) is 91.4 Å². The Labute approximate surface area is 166 Å². The van der Waals surface area contributed by atoms with Crippen LogP contribution in [-0.4, -0.2) is 17.2 Å². The zero-order valence-corrected chi connectivity index (χ0v) is 17.4. The minimum atomic E-state index is -0.156. The van der Waals surface area contributed by atoms with Gasteiger partial charge in [0.05, 0.1) is 11.4 Å². The van der Waals surface area contributed by atoms with Gasteiger partial charge in [-0.05, 0) is 36.6 Å². The fourth-order valence-corrected chi connectivity index (χ4v) is 3.14. The van der Waals surface area contributed by atoms with E-state index >= 15 is 0 Å². The zero-order chi connectivity index (χ0) is 18.8. The van der Waals surface area contributed by atoms with Crippen molar-refractivity contribution >= 4 is 21.7 Å². The molecule has 0 heterocycles. The van der Waals surface area contributed by atoms with Gasteiger partial charge in [0.25, 0.3) is 0 Å². The zero-order valence-electron chi connectivity index (χ0n) is 15.8. The minimum Gasteiger partial charge on any atom is -0.494 e. The predicted molar refractivity (Wildman–Crippen MR) is 113 cm³/mol. The molecular formula is C23H29BrO2. The SMILES string of the molecule is CCCCCCCCOc1ccc(-c2ccc(C(=O)C(C)Br)cc2)cc1. The van der Waals surface area contributed by atoms with Crippen LogP contribution in [0.2, 0.25) is 0 Å². The second-order valence-corrected chi connectivity index (χ2v) is 8.07. The highest BCUT2D eigenvalue weighted by molar-refractivity contribution is 9.10. The first-order valence-corrected chi connectivity index (χ1v) is 10.5. The maximum absolute atomic E-state index is 12.0. The lowest BCUT2D eigenvalue weighted by atomic mass is 10.0. The van der Waals surface area contributed by atoms with Crippen LogP contribution < -0.4 is 4.74 Å². The molecule has 26 heavy (non-hydrogen) atoms. The summed E-state index contributed by atoms with van der Waals surface area (Å²) < 4.78 is 5.83. The Morgan fingerprint density at radius 2 is 1.42 bits per heavy atom. The van der Waals surface area contributed by atoms with Gasteiger partial charge in [-0.15, -0.1) is 0 Å². The van der Waals surface area contributed by atoms with Crippen LogP contribution in [0.25, 0.3) is 11.1 Å². The van der Waals surface area contributed by atoms with Crippen LogP contribution in [0.3, 0.4) is 0 Å². The van der Waals surface area contributed by atoms with Crippen LogP contribution in [0.1, 0.15) is 62.7 Å². The number of unbranched alkanes of at least 4 members (excludes halogenated alkanes) is 5. The molecule has 2 aromatic carbocycles. The summed E-state index contributed by atoms with van der Waals surface area (Å²) in [5.74, 6) is 1.03. The van der Waals surface area contributed by atoms with E-state index in [1.807, 2.05) is 43.3 Å². The first kappa shape index (κ1) is 20.7. The number of rotatable bonds is 11. The molecule has 0 saturated heterocycles. The maximum Gasteiger partial charge on any atom is 0.176 e. The summed E-state index contributed by atoms with van der Waals surface area (Å²) in [4.78, 5) is 11.8. The van der Waals surface area contributed by atoms with Crippen molar-refractivity contribution in [2.45, 2.75) is 57.2 Å². The average Bonchev–Trinajstić information content (AvgIpc) is 2.67. The van der Waals surface area contributed by atoms with Gasteiger partial charge in [-0.25, -0.2) is 0 Å². The Morgan fingerprint density at radius 1 is 0.885 bits per heavy atom. The number of hydrogen-bond donors (Lipinski definition) is 0. The summed E-state index contributed by atoms with van der Waals surface area (Å²) in [5.41, 5.74) is 2.96. The van der Waals surface area contributed by atoms with E-state index in [4.69, 9.17) is 4.74 Å². The summed E-state index contributed by atoms with van der Waals surface area (Å²) >= 11 is 3.33. The van der Waals surface area contributed by atoms with Crippen molar-refractivity contribution in [3.8, 4) is 16.9 Å². The summed E-state index contributed by atoms with van der Waals surface area (Å²) in [5, 5.41) is 0. The monoisotopic (exact) mass is 416 g/mol. The van der Waals surface area contributed by atoms with Crippen molar-refractivity contribution < 1.29 is 9.53 Å². The molecule has 0 fully saturated rings. The van der Waals surface area contributed by atoms with Gasteiger partial charge in [0, 0.05) is 5.56 Å². The summed E-state index contributed by atoms with van der Waals surface area (Å²) in [7, 11) is 0. The number of ketones is 1. The number of benzene rings is 2. The Hall–Kier alpha value is -1.61. The summed E-state index contributed by atoms with van der Waals surface area (Å²) in [6.45, 7) is 4.87. The van der Waals surface area contributed by atoms with E-state index in [0.717, 1.165) is 35.5 Å². The average molecular weight is 417 g/mol. The number of carbonyl (C=O) groups excluding carboxylic acids is 1. The summed E-state index contributed by atoms with van der Waals surface area (Å²) in [6.07, 6.45) is 7.64. The van der Waals surface area contributed by atoms with Crippen molar-refractivity contribution in [2.75, 3.05) is 6.61 Å². The first-order chi connectivity index (χ1) is 12.6. The molecule has 0 amide bonds. The molecule has 0 radical (unpaired) electrons. The number of hydrogen-bond acceptors (Lipinski definition) is 2. The Bertz CT molecular complexity index is 660. The largest absolute Gasteiger partial charge is 0.494 e. The maximum atomic E-state index is 12.0. The van der Waals surface area contributed by atoms with E-state index in [9.17, 15) is 4.79 Å². The molecule has 2 rings (SSSR count). The van der Waals surface area contributed by atoms with Crippen molar-refractivity contribution in [3.05, 3.63) is 54.1 Å². The third-order valence-corrected chi connectivity index (χ3v) is 4.90. The van der Waals surface area contributed by atoms with E-state index < -0.39 is 0 Å². The van der Waals surface area contributed by atoms with E-state index in [1.165, 1.54) is 32.1 Å². The molecule has 0 spiro atoms. The van der Waals surface area contributed by atoms with Gasteiger partial charge >= 0.3 is 0 Å². The fraction of sp³-hybridized carbons (Fsp3) is 0.435. The molecule has 0 N–H and O–H groups in total. The van der Waals surface area contributed by atoms with Crippen molar-refractivity contribution in [3.63, 3.8) is 0 Å². The number of alkyl halides is 1. The molecule has 3 heteroatoms. The topological polar surface area (TPSA) is 26.3 Å². The van der Waals surface area contributed by atoms with Gasteiger partial charge in [0.2, 0.25) is 0 Å². The van der Waals surface area contributed by atoms with Crippen LogP contribution in [0.15, 0.2) is 48.5 Å². The molecule has 2 nitrogen and oxygen atoms in total. The highest BCUT2D eigenvalue weighted by Crippen LogP contribution is 2.23. The minimum absolute atomic E-state index is 0.106. The van der Waals surface area contributed by atoms with Crippen LogP contribution in [0.4, 0.5) is 0 Å². The third kappa shape index (κ3) is 6.60. The van der Waals surface area contributed by atoms with E-state index in [-0.39, 0.29) is 10.6 Å². The Balaban J connectivity index is 1.82. The second kappa shape index (κ2) is 11.2. The number of Topliss-reactive ketones (excluding diaryl/α,β-unsaturated/α-hetero) is 1. The highest BCUT2D eigenvalue weighted by atomic mass is 79.9. The van der Waals surface area contributed by atoms with E-state index in [2.05, 4.69) is 35.0 Å². The predicted octanol–water partition coefficient (Wildman–Crippen LogP) is 7.06. The number of carbonyl (C=O) groups is 1. The third-order valence-electron chi connectivity index (χ3n) is 4.48. The molecule has 0 aliphatic carbocycles. The molecular weight excluding hydrogens is 388 g/mol. The lowest BCUT2D eigenvalue weighted by Gasteiger charge is -2.08. The molecule has 0 saturated carbocycles. The normalized spacial score (nSPS) is 12.0.